The van der Waals surface area contributed by atoms with Gasteiger partial charge in [-0.05, 0) is 42.3 Å². The summed E-state index contributed by atoms with van der Waals surface area (Å²) in [6, 6.07) is 10.5. The molecule has 0 aromatic heterocycles. The number of nitrogens with one attached hydrogen (secondary N) is 1. The van der Waals surface area contributed by atoms with Gasteiger partial charge < -0.3 is 5.32 Å². The van der Waals surface area contributed by atoms with Gasteiger partial charge in [-0.15, -0.1) is 0 Å². The molecule has 0 heterocycles. The lowest BCUT2D eigenvalue weighted by atomic mass is 10.2. The first-order valence-corrected chi connectivity index (χ1v) is 7.06. The van der Waals surface area contributed by atoms with Crippen molar-refractivity contribution >= 4 is 38.9 Å². The molecule has 0 amide bonds. The van der Waals surface area contributed by atoms with Crippen LogP contribution in [-0.4, -0.2) is 4.92 Å². The first-order chi connectivity index (χ1) is 9.45. The van der Waals surface area contributed by atoms with E-state index in [1.165, 1.54) is 12.1 Å². The van der Waals surface area contributed by atoms with Crippen molar-refractivity contribution < 1.29 is 4.92 Å². The molecule has 0 radical (unpaired) electrons. The zero-order valence-corrected chi connectivity index (χ0v) is 13.0. The summed E-state index contributed by atoms with van der Waals surface area (Å²) in [7, 11) is 0. The third-order valence-corrected chi connectivity index (χ3v) is 3.58. The number of rotatable bonds is 4. The van der Waals surface area contributed by atoms with Crippen molar-refractivity contribution in [2.24, 2.45) is 0 Å². The number of halogens is 2. The number of non-ortho nitro benzene ring substituents is 1. The summed E-state index contributed by atoms with van der Waals surface area (Å²) in [6.07, 6.45) is 0. The molecule has 0 fully saturated rings. The summed E-state index contributed by atoms with van der Waals surface area (Å²) in [5.41, 5.74) is 2.91. The fraction of sp³-hybridized carbons (Fsp3) is 0.143. The van der Waals surface area contributed by atoms with Crippen LogP contribution >= 0.6 is 27.5 Å². The Bertz CT molecular complexity index is 641. The average molecular weight is 356 g/mol. The van der Waals surface area contributed by atoms with Crippen LogP contribution in [0, 0.1) is 17.0 Å². The molecule has 0 aliphatic heterocycles. The quantitative estimate of drug-likeness (QED) is 0.625. The minimum Gasteiger partial charge on any atom is -0.381 e. The molecule has 0 saturated carbocycles. The Hall–Kier alpha value is -1.59. The number of anilines is 1. The summed E-state index contributed by atoms with van der Waals surface area (Å²) in [4.78, 5) is 10.2. The number of nitro groups is 1. The first kappa shape index (κ1) is 14.8. The molecule has 20 heavy (non-hydrogen) atoms. The lowest BCUT2D eigenvalue weighted by Crippen LogP contribution is -2.01. The Morgan fingerprint density at radius 3 is 2.65 bits per heavy atom. The van der Waals surface area contributed by atoms with E-state index in [2.05, 4.69) is 21.2 Å². The molecule has 1 N–H and O–H groups in total. The average Bonchev–Trinajstić information content (AvgIpc) is 2.36. The molecule has 104 valence electrons. The highest BCUT2D eigenvalue weighted by Gasteiger charge is 2.09. The van der Waals surface area contributed by atoms with Crippen molar-refractivity contribution in [3.63, 3.8) is 0 Å². The molecule has 0 saturated heterocycles. The van der Waals surface area contributed by atoms with E-state index in [-0.39, 0.29) is 5.69 Å². The highest BCUT2D eigenvalue weighted by molar-refractivity contribution is 9.10. The SMILES string of the molecule is Cc1cc(Br)cc(NCc2ccc([N+](=O)[O-])cc2Cl)c1. The van der Waals surface area contributed by atoms with Crippen molar-refractivity contribution in [1.82, 2.24) is 0 Å². The van der Waals surface area contributed by atoms with Crippen LogP contribution in [0.2, 0.25) is 5.02 Å². The number of nitro benzene ring substituents is 1. The second-order valence-electron chi connectivity index (χ2n) is 4.40. The molecule has 2 rings (SSSR count). The molecule has 2 aromatic carbocycles. The molecule has 0 aliphatic rings. The van der Waals surface area contributed by atoms with Crippen LogP contribution in [0.4, 0.5) is 11.4 Å². The lowest BCUT2D eigenvalue weighted by Gasteiger charge is -2.09. The summed E-state index contributed by atoms with van der Waals surface area (Å²) in [5.74, 6) is 0. The van der Waals surface area contributed by atoms with Crippen LogP contribution in [0.1, 0.15) is 11.1 Å². The lowest BCUT2D eigenvalue weighted by molar-refractivity contribution is -0.384. The Kier molecular flexibility index (Phi) is 4.62. The fourth-order valence-electron chi connectivity index (χ4n) is 1.83. The maximum absolute atomic E-state index is 10.6. The highest BCUT2D eigenvalue weighted by Crippen LogP contribution is 2.24. The number of hydrogen-bond donors (Lipinski definition) is 1. The third kappa shape index (κ3) is 3.71. The maximum Gasteiger partial charge on any atom is 0.270 e. The van der Waals surface area contributed by atoms with Gasteiger partial charge in [-0.3, -0.25) is 10.1 Å². The van der Waals surface area contributed by atoms with Crippen molar-refractivity contribution in [2.75, 3.05) is 5.32 Å². The van der Waals surface area contributed by atoms with Gasteiger partial charge in [0.1, 0.15) is 0 Å². The maximum atomic E-state index is 10.6. The molecular weight excluding hydrogens is 344 g/mol. The molecule has 6 heteroatoms. The van der Waals surface area contributed by atoms with Crippen molar-refractivity contribution in [3.05, 3.63) is 67.1 Å². The van der Waals surface area contributed by atoms with Crippen molar-refractivity contribution in [2.45, 2.75) is 13.5 Å². The van der Waals surface area contributed by atoms with E-state index in [1.54, 1.807) is 6.07 Å². The molecular formula is C14H12BrClN2O2. The zero-order valence-electron chi connectivity index (χ0n) is 10.7. The van der Waals surface area contributed by atoms with E-state index < -0.39 is 4.92 Å². The summed E-state index contributed by atoms with van der Waals surface area (Å²) >= 11 is 9.49. The Labute approximate surface area is 130 Å². The van der Waals surface area contributed by atoms with Gasteiger partial charge in [0, 0.05) is 28.8 Å². The van der Waals surface area contributed by atoms with Gasteiger partial charge in [-0.2, -0.15) is 0 Å². The van der Waals surface area contributed by atoms with E-state index in [1.807, 2.05) is 25.1 Å². The second kappa shape index (κ2) is 6.24. The number of benzene rings is 2. The van der Waals surface area contributed by atoms with Gasteiger partial charge in [-0.1, -0.05) is 27.5 Å². The minimum absolute atomic E-state index is 0.00273. The van der Waals surface area contributed by atoms with Crippen LogP contribution in [0.25, 0.3) is 0 Å². The van der Waals surface area contributed by atoms with Gasteiger partial charge in [0.15, 0.2) is 0 Å². The topological polar surface area (TPSA) is 55.2 Å². The van der Waals surface area contributed by atoms with Crippen molar-refractivity contribution in [3.8, 4) is 0 Å². The van der Waals surface area contributed by atoms with Crippen LogP contribution in [0.15, 0.2) is 40.9 Å². The van der Waals surface area contributed by atoms with E-state index in [0.29, 0.717) is 11.6 Å². The number of hydrogen-bond acceptors (Lipinski definition) is 3. The molecule has 0 bridgehead atoms. The van der Waals surface area contributed by atoms with E-state index in [0.717, 1.165) is 21.3 Å². The van der Waals surface area contributed by atoms with E-state index in [9.17, 15) is 10.1 Å². The van der Waals surface area contributed by atoms with Gasteiger partial charge >= 0.3 is 0 Å². The number of aryl methyl sites for hydroxylation is 1. The molecule has 0 spiro atoms. The van der Waals surface area contributed by atoms with Crippen LogP contribution in [0.5, 0.6) is 0 Å². The second-order valence-corrected chi connectivity index (χ2v) is 5.73. The summed E-state index contributed by atoms with van der Waals surface area (Å²) < 4.78 is 0.995. The highest BCUT2D eigenvalue weighted by atomic mass is 79.9. The smallest absolute Gasteiger partial charge is 0.270 e. The summed E-state index contributed by atoms with van der Waals surface area (Å²) in [5, 5.41) is 14.3. The third-order valence-electron chi connectivity index (χ3n) is 2.77. The predicted molar refractivity (Wildman–Crippen MR) is 84.3 cm³/mol. The molecule has 2 aromatic rings. The summed E-state index contributed by atoms with van der Waals surface area (Å²) in [6.45, 7) is 2.52. The largest absolute Gasteiger partial charge is 0.381 e. The molecule has 4 nitrogen and oxygen atoms in total. The Morgan fingerprint density at radius 1 is 1.30 bits per heavy atom. The Morgan fingerprint density at radius 2 is 2.05 bits per heavy atom. The van der Waals surface area contributed by atoms with Crippen LogP contribution in [0.3, 0.4) is 0 Å². The normalized spacial score (nSPS) is 10.3. The molecule has 0 atom stereocenters. The van der Waals surface area contributed by atoms with Gasteiger partial charge in [-0.25, -0.2) is 0 Å². The van der Waals surface area contributed by atoms with E-state index in [4.69, 9.17) is 11.6 Å². The Balaban J connectivity index is 2.12. The van der Waals surface area contributed by atoms with Gasteiger partial charge in [0.05, 0.1) is 9.95 Å². The number of nitrogens with zero attached hydrogens (tertiary/aromatic N) is 1. The van der Waals surface area contributed by atoms with Crippen LogP contribution < -0.4 is 5.32 Å². The first-order valence-electron chi connectivity index (χ1n) is 5.89. The van der Waals surface area contributed by atoms with Gasteiger partial charge in [0.25, 0.3) is 5.69 Å². The van der Waals surface area contributed by atoms with Crippen LogP contribution in [-0.2, 0) is 6.54 Å². The zero-order chi connectivity index (χ0) is 14.7. The van der Waals surface area contributed by atoms with Gasteiger partial charge in [0.2, 0.25) is 0 Å². The fourth-order valence-corrected chi connectivity index (χ4v) is 2.68. The molecule has 0 unspecified atom stereocenters. The standard InChI is InChI=1S/C14H12BrClN2O2/c1-9-4-11(15)6-12(5-9)17-8-10-2-3-13(18(19)20)7-14(10)16/h2-7,17H,8H2,1H3. The minimum atomic E-state index is -0.458. The monoisotopic (exact) mass is 354 g/mol. The molecule has 0 aliphatic carbocycles. The van der Waals surface area contributed by atoms with Crippen molar-refractivity contribution in [1.29, 1.82) is 0 Å². The van der Waals surface area contributed by atoms with E-state index >= 15 is 0 Å². The predicted octanol–water partition coefficient (Wildman–Crippen LogP) is 4.93.